The Bertz CT molecular complexity index is 524. The number of hydrogen-bond donors (Lipinski definition) is 0. The molecule has 6 heteroatoms. The quantitative estimate of drug-likeness (QED) is 0.788. The van der Waals surface area contributed by atoms with Crippen LogP contribution in [-0.4, -0.2) is 46.3 Å². The number of aromatic nitrogens is 2. The van der Waals surface area contributed by atoms with E-state index in [1.165, 1.54) is 7.11 Å². The van der Waals surface area contributed by atoms with E-state index < -0.39 is 0 Å². The number of esters is 1. The number of ether oxygens (including phenoxy) is 1. The van der Waals surface area contributed by atoms with Gasteiger partial charge in [-0.25, -0.2) is 0 Å². The van der Waals surface area contributed by atoms with Gasteiger partial charge in [0.25, 0.3) is 0 Å². The topological polar surface area (TPSA) is 64.4 Å². The maximum absolute atomic E-state index is 12.5. The molecular weight excluding hydrogens is 270 g/mol. The zero-order valence-electron chi connectivity index (χ0n) is 13.0. The van der Waals surface area contributed by atoms with E-state index in [1.807, 2.05) is 24.8 Å². The second-order valence-corrected chi connectivity index (χ2v) is 5.60. The maximum atomic E-state index is 12.5. The van der Waals surface area contributed by atoms with Crippen molar-refractivity contribution in [1.82, 2.24) is 14.7 Å². The molecule has 0 N–H and O–H groups in total. The zero-order valence-corrected chi connectivity index (χ0v) is 13.0. The second-order valence-electron chi connectivity index (χ2n) is 5.60. The number of likely N-dealkylation sites (tertiary alicyclic amines) is 1. The van der Waals surface area contributed by atoms with Crippen molar-refractivity contribution in [2.75, 3.05) is 13.7 Å². The Kier molecular flexibility index (Phi) is 4.98. The molecule has 0 aromatic carbocycles. The van der Waals surface area contributed by atoms with Crippen LogP contribution in [0.25, 0.3) is 0 Å². The number of amides is 1. The van der Waals surface area contributed by atoms with E-state index in [4.69, 9.17) is 4.74 Å². The van der Waals surface area contributed by atoms with Gasteiger partial charge < -0.3 is 9.64 Å². The van der Waals surface area contributed by atoms with Gasteiger partial charge in [0.2, 0.25) is 5.91 Å². The Balaban J connectivity index is 2.04. The van der Waals surface area contributed by atoms with E-state index in [0.717, 1.165) is 30.7 Å². The predicted octanol–water partition coefficient (Wildman–Crippen LogP) is 1.44. The Morgan fingerprint density at radius 3 is 2.76 bits per heavy atom. The first-order chi connectivity index (χ1) is 10.0. The summed E-state index contributed by atoms with van der Waals surface area (Å²) >= 11 is 0. The monoisotopic (exact) mass is 293 g/mol. The number of aryl methyl sites for hydroxylation is 2. The van der Waals surface area contributed by atoms with E-state index in [9.17, 15) is 9.59 Å². The first-order valence-electron chi connectivity index (χ1n) is 7.38. The predicted molar refractivity (Wildman–Crippen MR) is 77.7 cm³/mol. The average Bonchev–Trinajstić information content (AvgIpc) is 2.77. The van der Waals surface area contributed by atoms with Crippen molar-refractivity contribution >= 4 is 11.9 Å². The van der Waals surface area contributed by atoms with Gasteiger partial charge in [-0.2, -0.15) is 5.10 Å². The molecule has 1 saturated heterocycles. The normalized spacial score (nSPS) is 18.6. The fourth-order valence-corrected chi connectivity index (χ4v) is 2.87. The molecule has 1 aliphatic heterocycles. The van der Waals surface area contributed by atoms with Crippen molar-refractivity contribution in [3.8, 4) is 0 Å². The smallest absolute Gasteiger partial charge is 0.307 e. The molecule has 6 nitrogen and oxygen atoms in total. The third-order valence-corrected chi connectivity index (χ3v) is 3.97. The summed E-state index contributed by atoms with van der Waals surface area (Å²) in [7, 11) is 1.38. The molecule has 1 atom stereocenters. The highest BCUT2D eigenvalue weighted by Gasteiger charge is 2.29. The van der Waals surface area contributed by atoms with E-state index in [1.54, 1.807) is 4.68 Å². The largest absolute Gasteiger partial charge is 0.469 e. The van der Waals surface area contributed by atoms with Crippen LogP contribution in [-0.2, 0) is 20.9 Å². The van der Waals surface area contributed by atoms with E-state index in [-0.39, 0.29) is 30.9 Å². The lowest BCUT2D eigenvalue weighted by atomic mass is 9.99. The second kappa shape index (κ2) is 6.74. The van der Waals surface area contributed by atoms with Crippen LogP contribution in [0.5, 0.6) is 0 Å². The van der Waals surface area contributed by atoms with Crippen LogP contribution in [0.4, 0.5) is 0 Å². The average molecular weight is 293 g/mol. The fraction of sp³-hybridized carbons (Fsp3) is 0.667. The minimum Gasteiger partial charge on any atom is -0.469 e. The third kappa shape index (κ3) is 3.83. The number of piperidine rings is 1. The van der Waals surface area contributed by atoms with Crippen molar-refractivity contribution in [1.29, 1.82) is 0 Å². The van der Waals surface area contributed by atoms with Crippen LogP contribution in [0.1, 0.15) is 37.1 Å². The van der Waals surface area contributed by atoms with Gasteiger partial charge in [0.1, 0.15) is 6.54 Å². The third-order valence-electron chi connectivity index (χ3n) is 3.97. The minimum atomic E-state index is -0.259. The van der Waals surface area contributed by atoms with Gasteiger partial charge in [-0.15, -0.1) is 0 Å². The summed E-state index contributed by atoms with van der Waals surface area (Å²) in [6.45, 7) is 4.79. The molecule has 0 spiro atoms. The van der Waals surface area contributed by atoms with E-state index in [0.29, 0.717) is 6.54 Å². The molecule has 2 heterocycles. The number of rotatable bonds is 4. The van der Waals surface area contributed by atoms with Crippen molar-refractivity contribution < 1.29 is 14.3 Å². The summed E-state index contributed by atoms with van der Waals surface area (Å²) in [6.07, 6.45) is 3.17. The zero-order chi connectivity index (χ0) is 15.4. The Labute approximate surface area is 125 Å². The molecule has 0 aliphatic carbocycles. The van der Waals surface area contributed by atoms with Crippen molar-refractivity contribution in [3.05, 3.63) is 17.5 Å². The lowest BCUT2D eigenvalue weighted by molar-refractivity contribution is -0.144. The summed E-state index contributed by atoms with van der Waals surface area (Å²) < 4.78 is 6.45. The fourth-order valence-electron chi connectivity index (χ4n) is 2.87. The van der Waals surface area contributed by atoms with Crippen LogP contribution >= 0.6 is 0 Å². The molecule has 0 saturated carbocycles. The molecule has 2 rings (SSSR count). The van der Waals surface area contributed by atoms with Crippen molar-refractivity contribution in [2.24, 2.45) is 0 Å². The highest BCUT2D eigenvalue weighted by atomic mass is 16.5. The first kappa shape index (κ1) is 15.5. The lowest BCUT2D eigenvalue weighted by Gasteiger charge is -2.35. The van der Waals surface area contributed by atoms with Crippen LogP contribution in [0.15, 0.2) is 6.07 Å². The Morgan fingerprint density at radius 2 is 2.14 bits per heavy atom. The van der Waals surface area contributed by atoms with Crippen LogP contribution in [0, 0.1) is 13.8 Å². The SMILES string of the molecule is COC(=O)CC1CCCCN1C(=O)Cn1nc(C)cc1C. The van der Waals surface area contributed by atoms with Gasteiger partial charge >= 0.3 is 5.97 Å². The van der Waals surface area contributed by atoms with E-state index in [2.05, 4.69) is 5.10 Å². The van der Waals surface area contributed by atoms with Crippen LogP contribution in [0.2, 0.25) is 0 Å². The molecule has 0 bridgehead atoms. The highest BCUT2D eigenvalue weighted by Crippen LogP contribution is 2.20. The van der Waals surface area contributed by atoms with Crippen LogP contribution < -0.4 is 0 Å². The molecule has 1 aromatic rings. The lowest BCUT2D eigenvalue weighted by Crippen LogP contribution is -2.46. The molecule has 1 aromatic heterocycles. The molecule has 1 amide bonds. The van der Waals surface area contributed by atoms with Crippen LogP contribution in [0.3, 0.4) is 0 Å². The molecule has 0 radical (unpaired) electrons. The molecule has 116 valence electrons. The van der Waals surface area contributed by atoms with Gasteiger partial charge in [-0.1, -0.05) is 0 Å². The summed E-state index contributed by atoms with van der Waals surface area (Å²) in [4.78, 5) is 25.8. The summed E-state index contributed by atoms with van der Waals surface area (Å²) in [5.74, 6) is -0.236. The number of nitrogens with zero attached hydrogens (tertiary/aromatic N) is 3. The number of methoxy groups -OCH3 is 1. The first-order valence-corrected chi connectivity index (χ1v) is 7.38. The summed E-state index contributed by atoms with van der Waals surface area (Å²) in [5.41, 5.74) is 1.88. The summed E-state index contributed by atoms with van der Waals surface area (Å²) in [6, 6.07) is 1.91. The number of hydrogen-bond acceptors (Lipinski definition) is 4. The van der Waals surface area contributed by atoms with Gasteiger partial charge in [0.15, 0.2) is 0 Å². The molecule has 1 unspecified atom stereocenters. The van der Waals surface area contributed by atoms with Gasteiger partial charge in [-0.3, -0.25) is 14.3 Å². The summed E-state index contributed by atoms with van der Waals surface area (Å²) in [5, 5.41) is 4.32. The van der Waals surface area contributed by atoms with E-state index >= 15 is 0 Å². The van der Waals surface area contributed by atoms with Gasteiger partial charge in [0, 0.05) is 18.3 Å². The number of carbonyl (C=O) groups excluding carboxylic acids is 2. The minimum absolute atomic E-state index is 0.0230. The number of carbonyl (C=O) groups is 2. The molecule has 1 fully saturated rings. The van der Waals surface area contributed by atoms with Gasteiger partial charge in [0.05, 0.1) is 19.2 Å². The van der Waals surface area contributed by atoms with Crippen molar-refractivity contribution in [3.63, 3.8) is 0 Å². The van der Waals surface area contributed by atoms with Gasteiger partial charge in [-0.05, 0) is 39.2 Å². The molecule has 21 heavy (non-hydrogen) atoms. The molecule has 1 aliphatic rings. The standard InChI is InChI=1S/C15H23N3O3/c1-11-8-12(2)18(16-11)10-14(19)17-7-5-4-6-13(17)9-15(20)21-3/h8,13H,4-7,9-10H2,1-3H3. The highest BCUT2D eigenvalue weighted by molar-refractivity contribution is 5.78. The molecular formula is C15H23N3O3. The van der Waals surface area contributed by atoms with Crippen molar-refractivity contribution in [2.45, 2.75) is 52.1 Å². The maximum Gasteiger partial charge on any atom is 0.307 e. The Hall–Kier alpha value is -1.85. The Morgan fingerprint density at radius 1 is 1.38 bits per heavy atom.